The Morgan fingerprint density at radius 3 is 2.86 bits per heavy atom. The van der Waals surface area contributed by atoms with Crippen LogP contribution in [0.25, 0.3) is 21.9 Å². The molecule has 0 aliphatic heterocycles. The van der Waals surface area contributed by atoms with E-state index in [9.17, 15) is 0 Å². The summed E-state index contributed by atoms with van der Waals surface area (Å²) in [4.78, 5) is 19.1. The Hall–Kier alpha value is -2.80. The van der Waals surface area contributed by atoms with Gasteiger partial charge in [0.1, 0.15) is 16.9 Å². The third-order valence-electron chi connectivity index (χ3n) is 3.18. The Labute approximate surface area is 129 Å². The summed E-state index contributed by atoms with van der Waals surface area (Å²) in [5.41, 5.74) is 7.05. The zero-order valence-electron chi connectivity index (χ0n) is 11.4. The van der Waals surface area contributed by atoms with Gasteiger partial charge < -0.3 is 10.2 Å². The van der Waals surface area contributed by atoms with Crippen molar-refractivity contribution >= 4 is 27.4 Å². The molecule has 0 fully saturated rings. The van der Waals surface area contributed by atoms with E-state index < -0.39 is 0 Å². The number of pyridine rings is 1. The van der Waals surface area contributed by atoms with Gasteiger partial charge in [-0.2, -0.15) is 0 Å². The van der Waals surface area contributed by atoms with Crippen LogP contribution in [0, 0.1) is 0 Å². The number of nitrogens with two attached hydrogens (primary N) is 1. The summed E-state index contributed by atoms with van der Waals surface area (Å²) in [7, 11) is 0. The van der Waals surface area contributed by atoms with Gasteiger partial charge in [0, 0.05) is 23.2 Å². The number of thiophene rings is 1. The van der Waals surface area contributed by atoms with Crippen molar-refractivity contribution in [2.75, 3.05) is 5.73 Å². The molecule has 0 saturated carbocycles. The van der Waals surface area contributed by atoms with Crippen LogP contribution >= 0.6 is 11.3 Å². The Kier molecular flexibility index (Phi) is 3.05. The van der Waals surface area contributed by atoms with E-state index >= 15 is 0 Å². The highest BCUT2D eigenvalue weighted by molar-refractivity contribution is 7.18. The lowest BCUT2D eigenvalue weighted by molar-refractivity contribution is 0.569. The zero-order chi connectivity index (χ0) is 14.9. The molecule has 0 spiro atoms. The number of nitrogen functional groups attached to an aromatic ring is 1. The molecule has 0 radical (unpaired) electrons. The Bertz CT molecular complexity index is 918. The number of rotatable bonds is 3. The lowest BCUT2D eigenvalue weighted by Gasteiger charge is -1.97. The molecule has 0 aromatic carbocycles. The third-order valence-corrected chi connectivity index (χ3v) is 4.21. The van der Waals surface area contributed by atoms with Gasteiger partial charge in [-0.25, -0.2) is 15.0 Å². The monoisotopic (exact) mass is 309 g/mol. The van der Waals surface area contributed by atoms with Crippen molar-refractivity contribution < 1.29 is 4.42 Å². The molecule has 4 aromatic heterocycles. The van der Waals surface area contributed by atoms with Crippen LogP contribution in [0.5, 0.6) is 0 Å². The normalized spacial score (nSPS) is 11.1. The van der Waals surface area contributed by atoms with Crippen LogP contribution < -0.4 is 5.73 Å². The molecule has 22 heavy (non-hydrogen) atoms. The second-order valence-corrected chi connectivity index (χ2v) is 5.81. The second kappa shape index (κ2) is 5.19. The standard InChI is InChI=1S/C15H11N5OS/c16-12-11-8-10(7-9-3-1-2-4-17-9)22-15(11)20-13(19-12)14-18-5-6-21-14/h1-6,8H,7H2,(H2,16,19,20). The second-order valence-electron chi connectivity index (χ2n) is 4.70. The van der Waals surface area contributed by atoms with Gasteiger partial charge in [0.2, 0.25) is 5.82 Å². The molecule has 6 nitrogen and oxygen atoms in total. The predicted octanol–water partition coefficient (Wildman–Crippen LogP) is 2.91. The van der Waals surface area contributed by atoms with Crippen LogP contribution in [-0.2, 0) is 6.42 Å². The number of hydrogen-bond donors (Lipinski definition) is 1. The summed E-state index contributed by atoms with van der Waals surface area (Å²) < 4.78 is 5.23. The van der Waals surface area contributed by atoms with Crippen LogP contribution in [0.15, 0.2) is 47.3 Å². The maximum Gasteiger partial charge on any atom is 0.264 e. The smallest absolute Gasteiger partial charge is 0.264 e. The number of anilines is 1. The van der Waals surface area contributed by atoms with E-state index in [1.807, 2.05) is 24.3 Å². The van der Waals surface area contributed by atoms with E-state index in [4.69, 9.17) is 10.2 Å². The van der Waals surface area contributed by atoms with E-state index in [0.29, 0.717) is 17.5 Å². The number of hydrogen-bond acceptors (Lipinski definition) is 7. The molecule has 2 N–H and O–H groups in total. The summed E-state index contributed by atoms with van der Waals surface area (Å²) in [6.07, 6.45) is 5.58. The lowest BCUT2D eigenvalue weighted by Crippen LogP contribution is -1.95. The van der Waals surface area contributed by atoms with E-state index in [2.05, 4.69) is 19.9 Å². The molecule has 108 valence electrons. The van der Waals surface area contributed by atoms with Gasteiger partial charge in [0.15, 0.2) is 0 Å². The molecule has 0 saturated heterocycles. The van der Waals surface area contributed by atoms with Gasteiger partial charge >= 0.3 is 0 Å². The minimum absolute atomic E-state index is 0.369. The maximum atomic E-state index is 6.04. The van der Waals surface area contributed by atoms with E-state index in [1.165, 1.54) is 6.26 Å². The lowest BCUT2D eigenvalue weighted by atomic mass is 10.2. The number of fused-ring (bicyclic) bond motifs is 1. The van der Waals surface area contributed by atoms with Crippen molar-refractivity contribution in [2.45, 2.75) is 6.42 Å². The fourth-order valence-electron chi connectivity index (χ4n) is 2.19. The highest BCUT2D eigenvalue weighted by atomic mass is 32.1. The molecule has 0 aliphatic carbocycles. The van der Waals surface area contributed by atoms with Crippen molar-refractivity contribution in [3.8, 4) is 11.7 Å². The van der Waals surface area contributed by atoms with Crippen LogP contribution in [0.3, 0.4) is 0 Å². The Morgan fingerprint density at radius 2 is 2.09 bits per heavy atom. The first-order valence-electron chi connectivity index (χ1n) is 6.65. The van der Waals surface area contributed by atoms with Crippen molar-refractivity contribution in [1.82, 2.24) is 19.9 Å². The average molecular weight is 309 g/mol. The number of aromatic nitrogens is 4. The first kappa shape index (κ1) is 12.9. The van der Waals surface area contributed by atoms with Crippen LogP contribution in [0.2, 0.25) is 0 Å². The topological polar surface area (TPSA) is 90.7 Å². The molecular formula is C15H11N5OS. The molecule has 4 heterocycles. The van der Waals surface area contributed by atoms with Crippen LogP contribution in [-0.4, -0.2) is 19.9 Å². The van der Waals surface area contributed by atoms with Crippen LogP contribution in [0.1, 0.15) is 10.6 Å². The summed E-state index contributed by atoms with van der Waals surface area (Å²) >= 11 is 1.58. The fourth-order valence-corrected chi connectivity index (χ4v) is 3.24. The quantitative estimate of drug-likeness (QED) is 0.625. The van der Waals surface area contributed by atoms with Crippen molar-refractivity contribution in [2.24, 2.45) is 0 Å². The maximum absolute atomic E-state index is 6.04. The van der Waals surface area contributed by atoms with E-state index in [1.54, 1.807) is 23.7 Å². The van der Waals surface area contributed by atoms with Crippen LogP contribution in [0.4, 0.5) is 5.82 Å². The third kappa shape index (κ3) is 2.31. The first-order valence-corrected chi connectivity index (χ1v) is 7.47. The molecular weight excluding hydrogens is 298 g/mol. The van der Waals surface area contributed by atoms with E-state index in [-0.39, 0.29) is 0 Å². The molecule has 4 aromatic rings. The molecule has 4 rings (SSSR count). The van der Waals surface area contributed by atoms with Crippen molar-refractivity contribution in [3.63, 3.8) is 0 Å². The summed E-state index contributed by atoms with van der Waals surface area (Å²) in [5, 5.41) is 0.853. The molecule has 0 bridgehead atoms. The van der Waals surface area contributed by atoms with Crippen molar-refractivity contribution in [1.29, 1.82) is 0 Å². The zero-order valence-corrected chi connectivity index (χ0v) is 12.2. The SMILES string of the molecule is Nc1nc(-c2ncco2)nc2sc(Cc3ccccn3)cc12. The first-order chi connectivity index (χ1) is 10.8. The van der Waals surface area contributed by atoms with E-state index in [0.717, 1.165) is 27.2 Å². The summed E-state index contributed by atoms with van der Waals surface area (Å²) in [5.74, 6) is 1.20. The largest absolute Gasteiger partial charge is 0.442 e. The van der Waals surface area contributed by atoms with Gasteiger partial charge in [0.05, 0.1) is 11.6 Å². The van der Waals surface area contributed by atoms with Crippen molar-refractivity contribution in [3.05, 3.63) is 53.5 Å². The molecule has 0 atom stereocenters. The Balaban J connectivity index is 1.76. The highest BCUT2D eigenvalue weighted by Gasteiger charge is 2.13. The van der Waals surface area contributed by atoms with Gasteiger partial charge in [-0.05, 0) is 18.2 Å². The number of oxazole rings is 1. The Morgan fingerprint density at radius 1 is 1.14 bits per heavy atom. The van der Waals surface area contributed by atoms with Gasteiger partial charge in [-0.3, -0.25) is 4.98 Å². The van der Waals surface area contributed by atoms with Gasteiger partial charge in [-0.1, -0.05) is 6.07 Å². The molecule has 0 aliphatic rings. The minimum Gasteiger partial charge on any atom is -0.442 e. The molecule has 7 heteroatoms. The fraction of sp³-hybridized carbons (Fsp3) is 0.0667. The predicted molar refractivity (Wildman–Crippen MR) is 84.4 cm³/mol. The molecule has 0 unspecified atom stereocenters. The summed E-state index contributed by atoms with van der Waals surface area (Å²) in [6.45, 7) is 0. The molecule has 0 amide bonds. The number of nitrogens with zero attached hydrogens (tertiary/aromatic N) is 4. The average Bonchev–Trinajstić information content (AvgIpc) is 3.17. The minimum atomic E-state index is 0.369. The summed E-state index contributed by atoms with van der Waals surface area (Å²) in [6, 6.07) is 7.89. The highest BCUT2D eigenvalue weighted by Crippen LogP contribution is 2.30. The van der Waals surface area contributed by atoms with Gasteiger partial charge in [-0.15, -0.1) is 11.3 Å². The van der Waals surface area contributed by atoms with Gasteiger partial charge in [0.25, 0.3) is 5.89 Å².